The summed E-state index contributed by atoms with van der Waals surface area (Å²) in [6.07, 6.45) is 7.48. The molecule has 0 aliphatic heterocycles. The lowest BCUT2D eigenvalue weighted by molar-refractivity contribution is 0.242. The molecule has 4 aromatic rings. The summed E-state index contributed by atoms with van der Waals surface area (Å²) in [5.74, 6) is -0.721. The number of benzene rings is 1. The topological polar surface area (TPSA) is 89.6 Å². The maximum atomic E-state index is 14.5. The van der Waals surface area contributed by atoms with Crippen LogP contribution in [0.5, 0.6) is 0 Å². The summed E-state index contributed by atoms with van der Waals surface area (Å²) in [7, 11) is 0. The Bertz CT molecular complexity index is 1430. The maximum absolute atomic E-state index is 14.5. The summed E-state index contributed by atoms with van der Waals surface area (Å²) < 4.78 is 30.6. The van der Waals surface area contributed by atoms with Gasteiger partial charge in [0.1, 0.15) is 11.6 Å². The Kier molecular flexibility index (Phi) is 4.83. The molecule has 2 aliphatic carbocycles. The average molecular weight is 475 g/mol. The number of hydrogen-bond acceptors (Lipinski definition) is 6. The standard InChI is InChI=1S/C26H24F2N6O/c1-25(2)17-6-9-26(25,21-7-10-29-24(31-21)34-14-15(8-11-35)13-30-34)23-16(17)12-20(32-33-23)22-18(27)4-3-5-19(22)28/h3-5,7,10,12-14,17,35H,6,8-9,11H2,1-2H3/t17-,26-/m0/s1. The molecule has 6 rings (SSSR count). The van der Waals surface area contributed by atoms with Crippen LogP contribution in [0.3, 0.4) is 0 Å². The van der Waals surface area contributed by atoms with E-state index in [4.69, 9.17) is 4.98 Å². The van der Waals surface area contributed by atoms with E-state index in [0.717, 1.165) is 35.4 Å². The van der Waals surface area contributed by atoms with Crippen molar-refractivity contribution in [1.82, 2.24) is 29.9 Å². The van der Waals surface area contributed by atoms with Gasteiger partial charge in [0.2, 0.25) is 0 Å². The van der Waals surface area contributed by atoms with E-state index >= 15 is 0 Å². The van der Waals surface area contributed by atoms with Crippen LogP contribution in [0, 0.1) is 17.0 Å². The SMILES string of the molecule is CC1(C)[C@H]2CC[C@]1(c1ccnc(-n3cc(CCO)cn3)n1)c1nnc(-c3c(F)cccc3F)cc12. The predicted octanol–water partition coefficient (Wildman–Crippen LogP) is 4.14. The van der Waals surface area contributed by atoms with Crippen LogP contribution in [0.1, 0.15) is 55.1 Å². The van der Waals surface area contributed by atoms with Crippen molar-refractivity contribution in [2.45, 2.75) is 44.4 Å². The molecule has 2 bridgehead atoms. The Morgan fingerprint density at radius 1 is 1.14 bits per heavy atom. The number of rotatable bonds is 5. The molecule has 0 spiro atoms. The Morgan fingerprint density at radius 2 is 1.94 bits per heavy atom. The first-order chi connectivity index (χ1) is 16.9. The summed E-state index contributed by atoms with van der Waals surface area (Å²) in [4.78, 5) is 9.33. The number of nitrogens with zero attached hydrogens (tertiary/aromatic N) is 6. The predicted molar refractivity (Wildman–Crippen MR) is 124 cm³/mol. The Balaban J connectivity index is 1.48. The fraction of sp³-hybridized carbons (Fsp3) is 0.346. The maximum Gasteiger partial charge on any atom is 0.250 e. The first-order valence-electron chi connectivity index (χ1n) is 11.7. The molecule has 1 fully saturated rings. The normalized spacial score (nSPS) is 21.9. The van der Waals surface area contributed by atoms with E-state index in [1.165, 1.54) is 18.2 Å². The van der Waals surface area contributed by atoms with Crippen molar-refractivity contribution in [3.8, 4) is 17.2 Å². The summed E-state index contributed by atoms with van der Waals surface area (Å²) in [5.41, 5.74) is 2.80. The van der Waals surface area contributed by atoms with Gasteiger partial charge < -0.3 is 5.11 Å². The van der Waals surface area contributed by atoms with Gasteiger partial charge in [-0.3, -0.25) is 0 Å². The molecule has 178 valence electrons. The van der Waals surface area contributed by atoms with Crippen molar-refractivity contribution in [2.24, 2.45) is 5.41 Å². The molecule has 1 aromatic carbocycles. The smallest absolute Gasteiger partial charge is 0.250 e. The molecule has 0 amide bonds. The molecular formula is C26H24F2N6O. The summed E-state index contributed by atoms with van der Waals surface area (Å²) in [6.45, 7) is 4.44. The third-order valence-electron chi connectivity index (χ3n) is 7.92. The van der Waals surface area contributed by atoms with E-state index in [1.807, 2.05) is 12.3 Å². The van der Waals surface area contributed by atoms with Gasteiger partial charge in [0.25, 0.3) is 5.95 Å². The molecule has 35 heavy (non-hydrogen) atoms. The summed E-state index contributed by atoms with van der Waals surface area (Å²) >= 11 is 0. The monoisotopic (exact) mass is 474 g/mol. The highest BCUT2D eigenvalue weighted by Crippen LogP contribution is 2.69. The number of halogens is 2. The lowest BCUT2D eigenvalue weighted by Crippen LogP contribution is -2.38. The first kappa shape index (κ1) is 21.9. The third kappa shape index (κ3) is 3.00. The van der Waals surface area contributed by atoms with Gasteiger partial charge in [0, 0.05) is 19.0 Å². The lowest BCUT2D eigenvalue weighted by Gasteiger charge is -2.37. The van der Waals surface area contributed by atoms with Crippen molar-refractivity contribution in [1.29, 1.82) is 0 Å². The minimum atomic E-state index is -0.656. The fourth-order valence-electron chi connectivity index (χ4n) is 6.18. The second-order valence-electron chi connectivity index (χ2n) is 9.86. The molecule has 1 N–H and O–H groups in total. The van der Waals surface area contributed by atoms with Crippen LogP contribution in [0.25, 0.3) is 17.2 Å². The van der Waals surface area contributed by atoms with Gasteiger partial charge in [-0.2, -0.15) is 10.2 Å². The minimum absolute atomic E-state index is 0.0412. The highest BCUT2D eigenvalue weighted by Gasteiger charge is 2.65. The number of hydrogen-bond donors (Lipinski definition) is 1. The Hall–Kier alpha value is -3.59. The van der Waals surface area contributed by atoms with Gasteiger partial charge in [-0.05, 0) is 66.0 Å². The molecule has 2 aliphatic rings. The highest BCUT2D eigenvalue weighted by molar-refractivity contribution is 5.64. The van der Waals surface area contributed by atoms with Gasteiger partial charge in [-0.25, -0.2) is 23.4 Å². The molecular weight excluding hydrogens is 450 g/mol. The molecule has 0 radical (unpaired) electrons. The van der Waals surface area contributed by atoms with E-state index < -0.39 is 17.0 Å². The second kappa shape index (κ2) is 7.71. The van der Waals surface area contributed by atoms with Crippen molar-refractivity contribution < 1.29 is 13.9 Å². The average Bonchev–Trinajstić information content (AvgIpc) is 3.47. The quantitative estimate of drug-likeness (QED) is 0.468. The van der Waals surface area contributed by atoms with Gasteiger partial charge in [-0.1, -0.05) is 19.9 Å². The zero-order valence-corrected chi connectivity index (χ0v) is 19.4. The van der Waals surface area contributed by atoms with E-state index in [-0.39, 0.29) is 29.2 Å². The lowest BCUT2D eigenvalue weighted by atomic mass is 9.66. The van der Waals surface area contributed by atoms with E-state index in [2.05, 4.69) is 34.1 Å². The van der Waals surface area contributed by atoms with E-state index in [9.17, 15) is 13.9 Å². The summed E-state index contributed by atoms with van der Waals surface area (Å²) in [5, 5.41) is 22.4. The van der Waals surface area contributed by atoms with Crippen LogP contribution in [0.2, 0.25) is 0 Å². The van der Waals surface area contributed by atoms with Crippen molar-refractivity contribution >= 4 is 0 Å². The molecule has 1 saturated carbocycles. The Labute approximate surface area is 200 Å². The zero-order valence-electron chi connectivity index (χ0n) is 19.4. The molecule has 9 heteroatoms. The minimum Gasteiger partial charge on any atom is -0.396 e. The van der Waals surface area contributed by atoms with Gasteiger partial charge in [0.15, 0.2) is 0 Å². The number of aliphatic hydroxyl groups excluding tert-OH is 1. The van der Waals surface area contributed by atoms with Crippen molar-refractivity contribution in [2.75, 3.05) is 6.61 Å². The largest absolute Gasteiger partial charge is 0.396 e. The first-order valence-corrected chi connectivity index (χ1v) is 11.7. The van der Waals surface area contributed by atoms with Crippen LogP contribution >= 0.6 is 0 Å². The fourth-order valence-corrected chi connectivity index (χ4v) is 6.18. The van der Waals surface area contributed by atoms with Crippen LogP contribution < -0.4 is 0 Å². The number of aliphatic hydroxyl groups is 1. The van der Waals surface area contributed by atoms with Crippen LogP contribution in [0.4, 0.5) is 8.78 Å². The number of aromatic nitrogens is 6. The third-order valence-corrected chi connectivity index (χ3v) is 7.92. The van der Waals surface area contributed by atoms with Crippen molar-refractivity contribution in [3.63, 3.8) is 0 Å². The van der Waals surface area contributed by atoms with Crippen LogP contribution in [-0.4, -0.2) is 41.7 Å². The van der Waals surface area contributed by atoms with Gasteiger partial charge in [-0.15, -0.1) is 5.10 Å². The van der Waals surface area contributed by atoms with Gasteiger partial charge in [0.05, 0.1) is 34.3 Å². The van der Waals surface area contributed by atoms with Crippen LogP contribution in [0.15, 0.2) is 48.9 Å². The summed E-state index contributed by atoms with van der Waals surface area (Å²) in [6, 6.07) is 7.51. The second-order valence-corrected chi connectivity index (χ2v) is 9.86. The van der Waals surface area contributed by atoms with Gasteiger partial charge >= 0.3 is 0 Å². The molecule has 0 unspecified atom stereocenters. The molecule has 3 heterocycles. The zero-order chi connectivity index (χ0) is 24.4. The molecule has 0 saturated heterocycles. The van der Waals surface area contributed by atoms with Crippen LogP contribution in [-0.2, 0) is 11.8 Å². The highest BCUT2D eigenvalue weighted by atomic mass is 19.1. The Morgan fingerprint density at radius 3 is 2.71 bits per heavy atom. The number of fused-ring (bicyclic) bond motifs is 5. The molecule has 7 nitrogen and oxygen atoms in total. The van der Waals surface area contributed by atoms with Crippen molar-refractivity contribution in [3.05, 3.63) is 83.1 Å². The molecule has 2 atom stereocenters. The van der Waals surface area contributed by atoms with E-state index in [0.29, 0.717) is 12.4 Å². The molecule has 3 aromatic heterocycles. The van der Waals surface area contributed by atoms with E-state index in [1.54, 1.807) is 23.1 Å².